The highest BCUT2D eigenvalue weighted by molar-refractivity contribution is 8.14. The van der Waals surface area contributed by atoms with E-state index in [0.29, 0.717) is 12.8 Å². The summed E-state index contributed by atoms with van der Waals surface area (Å²) in [7, 11) is 0. The first-order valence-corrected chi connectivity index (χ1v) is 7.50. The van der Waals surface area contributed by atoms with Crippen LogP contribution in [-0.4, -0.2) is 50.5 Å². The SMILES string of the molecule is CCCC[C@@H](CO[N+](=O)[O-])N(C(=O)O)[C@H]1NC(=O)SC1C. The minimum Gasteiger partial charge on any atom is -0.465 e. The third kappa shape index (κ3) is 4.96. The van der Waals surface area contributed by atoms with Crippen LogP contribution in [0.4, 0.5) is 9.59 Å². The minimum absolute atomic E-state index is 0.270. The Kier molecular flexibility index (Phi) is 6.53. The zero-order valence-electron chi connectivity index (χ0n) is 11.9. The van der Waals surface area contributed by atoms with Crippen molar-refractivity contribution in [1.29, 1.82) is 0 Å². The molecule has 0 radical (unpaired) electrons. The zero-order valence-corrected chi connectivity index (χ0v) is 12.7. The van der Waals surface area contributed by atoms with Gasteiger partial charge in [0, 0.05) is 0 Å². The Balaban J connectivity index is 2.87. The second kappa shape index (κ2) is 7.91. The van der Waals surface area contributed by atoms with Gasteiger partial charge in [-0.2, -0.15) is 0 Å². The first kappa shape index (κ1) is 17.3. The molecule has 2 amide bonds. The van der Waals surface area contributed by atoms with Gasteiger partial charge in [0.25, 0.3) is 10.3 Å². The van der Waals surface area contributed by atoms with Crippen LogP contribution in [0.3, 0.4) is 0 Å². The predicted octanol–water partition coefficient (Wildman–Crippen LogP) is 1.90. The average molecular weight is 321 g/mol. The van der Waals surface area contributed by atoms with E-state index in [1.165, 1.54) is 0 Å². The first-order chi connectivity index (χ1) is 9.86. The molecule has 9 nitrogen and oxygen atoms in total. The second-order valence-corrected chi connectivity index (χ2v) is 6.05. The highest BCUT2D eigenvalue weighted by Crippen LogP contribution is 2.27. The van der Waals surface area contributed by atoms with Gasteiger partial charge in [0.2, 0.25) is 0 Å². The molecule has 1 unspecified atom stereocenters. The molecule has 1 fully saturated rings. The Hall–Kier alpha value is -1.71. The molecule has 21 heavy (non-hydrogen) atoms. The van der Waals surface area contributed by atoms with E-state index in [0.717, 1.165) is 23.1 Å². The molecule has 0 aliphatic carbocycles. The van der Waals surface area contributed by atoms with Crippen molar-refractivity contribution in [3.63, 3.8) is 0 Å². The number of hydrogen-bond donors (Lipinski definition) is 2. The van der Waals surface area contributed by atoms with Gasteiger partial charge < -0.3 is 15.3 Å². The van der Waals surface area contributed by atoms with E-state index in [-0.39, 0.29) is 17.1 Å². The van der Waals surface area contributed by atoms with Crippen LogP contribution in [0.2, 0.25) is 0 Å². The Bertz CT molecular complexity index is 407. The van der Waals surface area contributed by atoms with Crippen LogP contribution in [0.1, 0.15) is 33.1 Å². The summed E-state index contributed by atoms with van der Waals surface area (Å²) in [6.45, 7) is 3.32. The molecule has 1 saturated heterocycles. The van der Waals surface area contributed by atoms with Gasteiger partial charge in [-0.3, -0.25) is 9.69 Å². The normalized spacial score (nSPS) is 22.5. The molecule has 1 aliphatic rings. The standard InChI is InChI=1S/C11H19N3O6S/c1-3-4-5-8(6-20-14(18)19)13(11(16)17)9-7(2)21-10(15)12-9/h7-9H,3-6H2,1-2H3,(H,12,15)(H,16,17)/t7?,8-,9+/m0/s1. The number of unbranched alkanes of at least 4 members (excludes halogenated alkanes) is 1. The lowest BCUT2D eigenvalue weighted by Crippen LogP contribution is -2.56. The summed E-state index contributed by atoms with van der Waals surface area (Å²) in [5.41, 5.74) is 0. The van der Waals surface area contributed by atoms with Crippen LogP contribution in [-0.2, 0) is 4.84 Å². The Morgan fingerprint density at radius 2 is 2.33 bits per heavy atom. The number of thioether (sulfide) groups is 1. The first-order valence-electron chi connectivity index (χ1n) is 6.62. The van der Waals surface area contributed by atoms with Crippen molar-refractivity contribution in [2.45, 2.75) is 50.6 Å². The lowest BCUT2D eigenvalue weighted by atomic mass is 10.1. The number of hydrogen-bond acceptors (Lipinski definition) is 6. The summed E-state index contributed by atoms with van der Waals surface area (Å²) in [5, 5.41) is 20.8. The number of carboxylic acid groups (broad SMARTS) is 1. The fraction of sp³-hybridized carbons (Fsp3) is 0.818. The molecule has 0 saturated carbocycles. The number of nitrogens with zero attached hydrogens (tertiary/aromatic N) is 2. The molecule has 1 heterocycles. The third-order valence-electron chi connectivity index (χ3n) is 3.18. The van der Waals surface area contributed by atoms with E-state index >= 15 is 0 Å². The lowest BCUT2D eigenvalue weighted by molar-refractivity contribution is -0.758. The summed E-state index contributed by atoms with van der Waals surface area (Å²) >= 11 is 1.01. The van der Waals surface area contributed by atoms with E-state index in [9.17, 15) is 24.8 Å². The summed E-state index contributed by atoms with van der Waals surface area (Å²) in [6, 6.07) is -0.681. The molecule has 0 aromatic carbocycles. The molecule has 0 bridgehead atoms. The summed E-state index contributed by atoms with van der Waals surface area (Å²) in [4.78, 5) is 38.7. The van der Waals surface area contributed by atoms with Gasteiger partial charge in [-0.05, 0) is 13.3 Å². The third-order valence-corrected chi connectivity index (χ3v) is 4.14. The van der Waals surface area contributed by atoms with E-state index in [1.807, 2.05) is 6.92 Å². The van der Waals surface area contributed by atoms with Gasteiger partial charge >= 0.3 is 6.09 Å². The fourth-order valence-electron chi connectivity index (χ4n) is 2.19. The molecule has 1 rings (SSSR count). The van der Waals surface area contributed by atoms with Crippen molar-refractivity contribution < 1.29 is 24.6 Å². The number of carbonyl (C=O) groups is 2. The molecule has 10 heteroatoms. The van der Waals surface area contributed by atoms with Gasteiger partial charge in [0.05, 0.1) is 11.3 Å². The van der Waals surface area contributed by atoms with Crippen molar-refractivity contribution in [3.8, 4) is 0 Å². The number of amides is 2. The minimum atomic E-state index is -1.23. The molecule has 2 N–H and O–H groups in total. The monoisotopic (exact) mass is 321 g/mol. The zero-order chi connectivity index (χ0) is 16.0. The number of carbonyl (C=O) groups excluding carboxylic acids is 1. The van der Waals surface area contributed by atoms with Crippen LogP contribution in [0.25, 0.3) is 0 Å². The van der Waals surface area contributed by atoms with E-state index in [4.69, 9.17) is 0 Å². The van der Waals surface area contributed by atoms with Crippen LogP contribution in [0.15, 0.2) is 0 Å². The predicted molar refractivity (Wildman–Crippen MR) is 75.5 cm³/mol. The van der Waals surface area contributed by atoms with Crippen molar-refractivity contribution in [1.82, 2.24) is 10.2 Å². The van der Waals surface area contributed by atoms with Crippen LogP contribution < -0.4 is 5.32 Å². The Morgan fingerprint density at radius 1 is 1.67 bits per heavy atom. The molecule has 120 valence electrons. The summed E-state index contributed by atoms with van der Waals surface area (Å²) in [5.74, 6) is 0. The number of rotatable bonds is 8. The smallest absolute Gasteiger partial charge is 0.409 e. The van der Waals surface area contributed by atoms with Crippen LogP contribution in [0.5, 0.6) is 0 Å². The average Bonchev–Trinajstić information content (AvgIpc) is 2.70. The van der Waals surface area contributed by atoms with Crippen LogP contribution >= 0.6 is 11.8 Å². The largest absolute Gasteiger partial charge is 0.465 e. The van der Waals surface area contributed by atoms with Crippen molar-refractivity contribution in [2.24, 2.45) is 0 Å². The Labute approximate surface area is 126 Å². The molecule has 3 atom stereocenters. The summed E-state index contributed by atoms with van der Waals surface area (Å²) < 4.78 is 0. The van der Waals surface area contributed by atoms with Gasteiger partial charge in [0.1, 0.15) is 12.8 Å². The van der Waals surface area contributed by atoms with Crippen molar-refractivity contribution in [2.75, 3.05) is 6.61 Å². The molecule has 0 aromatic rings. The van der Waals surface area contributed by atoms with E-state index in [1.54, 1.807) is 6.92 Å². The number of nitrogens with one attached hydrogen (secondary N) is 1. The Morgan fingerprint density at radius 3 is 2.76 bits per heavy atom. The van der Waals surface area contributed by atoms with Gasteiger partial charge in [-0.15, -0.1) is 10.1 Å². The molecule has 1 aliphatic heterocycles. The quantitative estimate of drug-likeness (QED) is 0.517. The molecular formula is C11H19N3O6S. The van der Waals surface area contributed by atoms with Crippen molar-refractivity contribution in [3.05, 3.63) is 10.1 Å². The van der Waals surface area contributed by atoms with Gasteiger partial charge in [0.15, 0.2) is 0 Å². The maximum absolute atomic E-state index is 11.5. The highest BCUT2D eigenvalue weighted by atomic mass is 32.2. The van der Waals surface area contributed by atoms with Crippen LogP contribution in [0, 0.1) is 10.1 Å². The lowest BCUT2D eigenvalue weighted by Gasteiger charge is -2.34. The van der Waals surface area contributed by atoms with Gasteiger partial charge in [-0.25, -0.2) is 4.79 Å². The van der Waals surface area contributed by atoms with Gasteiger partial charge in [-0.1, -0.05) is 31.5 Å². The van der Waals surface area contributed by atoms with E-state index in [2.05, 4.69) is 10.2 Å². The fourth-order valence-corrected chi connectivity index (χ4v) is 3.05. The molecular weight excluding hydrogens is 302 g/mol. The second-order valence-electron chi connectivity index (χ2n) is 4.70. The summed E-state index contributed by atoms with van der Waals surface area (Å²) in [6.07, 6.45) is 0.0157. The van der Waals surface area contributed by atoms with E-state index < -0.39 is 23.4 Å². The molecule has 0 spiro atoms. The molecule has 0 aromatic heterocycles. The maximum Gasteiger partial charge on any atom is 0.409 e. The topological polar surface area (TPSA) is 122 Å². The highest BCUT2D eigenvalue weighted by Gasteiger charge is 2.40. The van der Waals surface area contributed by atoms with Crippen molar-refractivity contribution >= 4 is 23.1 Å². The maximum atomic E-state index is 11.5.